The fourth-order valence-electron chi connectivity index (χ4n) is 1.37. The van der Waals surface area contributed by atoms with Crippen LogP contribution in [0.25, 0.3) is 20.3 Å². The van der Waals surface area contributed by atoms with Gasteiger partial charge in [0, 0.05) is 10.1 Å². The lowest BCUT2D eigenvalue weighted by molar-refractivity contribution is 1.11. The number of nitrogens with one attached hydrogen (secondary N) is 1. The van der Waals surface area contributed by atoms with Crippen molar-refractivity contribution in [3.05, 3.63) is 30.5 Å². The topological polar surface area (TPSA) is 28.7 Å². The number of hydrogen-bond donors (Lipinski definition) is 1. The molecule has 3 rings (SSSR count). The van der Waals surface area contributed by atoms with E-state index >= 15 is 0 Å². The van der Waals surface area contributed by atoms with Crippen LogP contribution in [-0.2, 0) is 0 Å². The summed E-state index contributed by atoms with van der Waals surface area (Å²) in [5.41, 5.74) is 1.11. The van der Waals surface area contributed by atoms with E-state index in [0.29, 0.717) is 0 Å². The molecule has 12 heavy (non-hydrogen) atoms. The first-order chi connectivity index (χ1) is 5.95. The van der Waals surface area contributed by atoms with Crippen LogP contribution >= 0.6 is 11.3 Å². The Kier molecular flexibility index (Phi) is 1.07. The van der Waals surface area contributed by atoms with Crippen molar-refractivity contribution in [3.63, 3.8) is 0 Å². The highest BCUT2D eigenvalue weighted by Gasteiger charge is 2.04. The summed E-state index contributed by atoms with van der Waals surface area (Å²) in [5, 5.41) is 8.06. The second-order valence-electron chi connectivity index (χ2n) is 2.64. The highest BCUT2D eigenvalue weighted by molar-refractivity contribution is 7.25. The van der Waals surface area contributed by atoms with Crippen molar-refractivity contribution in [2.24, 2.45) is 0 Å². The van der Waals surface area contributed by atoms with E-state index in [9.17, 15) is 0 Å². The van der Waals surface area contributed by atoms with Crippen molar-refractivity contribution in [2.45, 2.75) is 0 Å². The third-order valence-corrected chi connectivity index (χ3v) is 3.00. The van der Waals surface area contributed by atoms with Crippen LogP contribution in [0, 0.1) is 6.20 Å². The molecule has 0 amide bonds. The maximum absolute atomic E-state index is 3.87. The first kappa shape index (κ1) is 6.20. The second kappa shape index (κ2) is 2.08. The molecule has 0 spiro atoms. The summed E-state index contributed by atoms with van der Waals surface area (Å²) >= 11 is 1.72. The third-order valence-electron chi connectivity index (χ3n) is 1.92. The van der Waals surface area contributed by atoms with Crippen molar-refractivity contribution in [2.75, 3.05) is 0 Å². The summed E-state index contributed by atoms with van der Waals surface area (Å²) in [7, 11) is 0. The lowest BCUT2D eigenvalue weighted by atomic mass is 10.2. The number of hydrogen-bond acceptors (Lipinski definition) is 2. The zero-order chi connectivity index (χ0) is 7.97. The minimum Gasteiger partial charge on any atom is -0.276 e. The van der Waals surface area contributed by atoms with Crippen LogP contribution in [0.2, 0.25) is 0 Å². The van der Waals surface area contributed by atoms with E-state index in [1.807, 2.05) is 12.1 Å². The van der Waals surface area contributed by atoms with E-state index in [1.165, 1.54) is 10.1 Å². The number of benzene rings is 1. The van der Waals surface area contributed by atoms with E-state index in [2.05, 4.69) is 28.5 Å². The molecule has 0 unspecified atom stereocenters. The van der Waals surface area contributed by atoms with E-state index in [1.54, 1.807) is 11.3 Å². The van der Waals surface area contributed by atoms with Crippen LogP contribution < -0.4 is 0 Å². The molecule has 0 aliphatic heterocycles. The maximum atomic E-state index is 3.87. The molecule has 0 saturated carbocycles. The molecule has 0 fully saturated rings. The fourth-order valence-corrected chi connectivity index (χ4v) is 2.37. The van der Waals surface area contributed by atoms with Crippen molar-refractivity contribution >= 4 is 31.6 Å². The van der Waals surface area contributed by atoms with Crippen LogP contribution in [0.3, 0.4) is 0 Å². The highest BCUT2D eigenvalue weighted by Crippen LogP contribution is 2.30. The van der Waals surface area contributed by atoms with Crippen LogP contribution in [0.15, 0.2) is 24.3 Å². The molecular formula is C9H5N2S. The van der Waals surface area contributed by atoms with Gasteiger partial charge in [0.1, 0.15) is 6.20 Å². The van der Waals surface area contributed by atoms with Gasteiger partial charge in [-0.3, -0.25) is 5.10 Å². The van der Waals surface area contributed by atoms with Crippen LogP contribution in [0.5, 0.6) is 0 Å². The Morgan fingerprint density at radius 2 is 2.25 bits per heavy atom. The van der Waals surface area contributed by atoms with E-state index in [4.69, 9.17) is 0 Å². The average Bonchev–Trinajstić information content (AvgIpc) is 2.62. The molecule has 1 N–H and O–H groups in total. The van der Waals surface area contributed by atoms with Gasteiger partial charge in [-0.2, -0.15) is 5.10 Å². The molecule has 0 bridgehead atoms. The van der Waals surface area contributed by atoms with Gasteiger partial charge in [0.05, 0.1) is 10.2 Å². The first-order valence-corrected chi connectivity index (χ1v) is 4.50. The Morgan fingerprint density at radius 1 is 1.33 bits per heavy atom. The van der Waals surface area contributed by atoms with Crippen molar-refractivity contribution < 1.29 is 0 Å². The van der Waals surface area contributed by atoms with Crippen molar-refractivity contribution in [3.8, 4) is 0 Å². The van der Waals surface area contributed by atoms with E-state index < -0.39 is 0 Å². The van der Waals surface area contributed by atoms with E-state index in [0.717, 1.165) is 10.2 Å². The zero-order valence-corrected chi connectivity index (χ0v) is 6.98. The van der Waals surface area contributed by atoms with Crippen molar-refractivity contribution in [1.29, 1.82) is 0 Å². The van der Waals surface area contributed by atoms with E-state index in [-0.39, 0.29) is 0 Å². The monoisotopic (exact) mass is 173 g/mol. The lowest BCUT2D eigenvalue weighted by Gasteiger charge is -1.84. The van der Waals surface area contributed by atoms with Gasteiger partial charge in [0.15, 0.2) is 0 Å². The van der Waals surface area contributed by atoms with Gasteiger partial charge in [-0.05, 0) is 6.07 Å². The minimum absolute atomic E-state index is 1.11. The molecule has 57 valence electrons. The van der Waals surface area contributed by atoms with Crippen LogP contribution in [0.4, 0.5) is 0 Å². The number of aromatic nitrogens is 2. The number of H-pyrrole nitrogens is 1. The normalized spacial score (nSPS) is 11.3. The summed E-state index contributed by atoms with van der Waals surface area (Å²) in [4.78, 5) is 0. The Morgan fingerprint density at radius 3 is 3.25 bits per heavy atom. The molecule has 3 heteroatoms. The van der Waals surface area contributed by atoms with Gasteiger partial charge in [-0.1, -0.05) is 18.2 Å². The molecule has 2 aromatic heterocycles. The predicted molar refractivity (Wildman–Crippen MR) is 50.3 cm³/mol. The van der Waals surface area contributed by atoms with Gasteiger partial charge < -0.3 is 0 Å². The molecule has 3 aromatic rings. The molecule has 1 aromatic carbocycles. The van der Waals surface area contributed by atoms with Crippen LogP contribution in [0.1, 0.15) is 0 Å². The molecule has 0 saturated heterocycles. The van der Waals surface area contributed by atoms with Crippen LogP contribution in [-0.4, -0.2) is 10.2 Å². The summed E-state index contributed by atoms with van der Waals surface area (Å²) in [6.07, 6.45) is 2.92. The maximum Gasteiger partial charge on any atom is 0.132 e. The van der Waals surface area contributed by atoms with Gasteiger partial charge in [0.2, 0.25) is 0 Å². The quantitative estimate of drug-likeness (QED) is 0.556. The number of fused-ring (bicyclic) bond motifs is 3. The van der Waals surface area contributed by atoms with Gasteiger partial charge >= 0.3 is 0 Å². The van der Waals surface area contributed by atoms with Gasteiger partial charge in [0.25, 0.3) is 0 Å². The Balaban J connectivity index is 2.68. The second-order valence-corrected chi connectivity index (χ2v) is 3.69. The lowest BCUT2D eigenvalue weighted by Crippen LogP contribution is -1.66. The molecular weight excluding hydrogens is 168 g/mol. The Labute approximate surface area is 72.8 Å². The molecule has 1 radical (unpaired) electrons. The average molecular weight is 173 g/mol. The molecule has 0 aliphatic rings. The van der Waals surface area contributed by atoms with Gasteiger partial charge in [-0.25, -0.2) is 0 Å². The minimum atomic E-state index is 1.11. The summed E-state index contributed by atoms with van der Waals surface area (Å²) in [6.45, 7) is 0. The number of aromatic amines is 1. The SMILES string of the molecule is [c]1n[nH]c2c1sc1ccccc12. The molecule has 0 atom stereocenters. The number of nitrogens with zero attached hydrogens (tertiary/aromatic N) is 1. The first-order valence-electron chi connectivity index (χ1n) is 3.68. The standard InChI is InChI=1S/C9H5N2S/c1-2-4-7-6(3-1)9-8(12-7)5-10-11-9/h1-4H,(H,10,11). The molecule has 2 nitrogen and oxygen atoms in total. The molecule has 2 heterocycles. The third kappa shape index (κ3) is 0.662. The predicted octanol–water partition coefficient (Wildman–Crippen LogP) is 2.58. The fraction of sp³-hybridized carbons (Fsp3) is 0. The van der Waals surface area contributed by atoms with Crippen molar-refractivity contribution in [1.82, 2.24) is 10.2 Å². The molecule has 0 aliphatic carbocycles. The largest absolute Gasteiger partial charge is 0.276 e. The summed E-state index contributed by atoms with van der Waals surface area (Å²) in [6, 6.07) is 8.29. The zero-order valence-electron chi connectivity index (χ0n) is 6.16. The van der Waals surface area contributed by atoms with Gasteiger partial charge in [-0.15, -0.1) is 11.3 Å². The number of thiophene rings is 1. The highest BCUT2D eigenvalue weighted by atomic mass is 32.1. The number of rotatable bonds is 0. The Hall–Kier alpha value is -1.35. The summed E-state index contributed by atoms with van der Waals surface area (Å²) in [5.74, 6) is 0. The summed E-state index contributed by atoms with van der Waals surface area (Å²) < 4.78 is 2.40. The smallest absolute Gasteiger partial charge is 0.132 e. The Bertz CT molecular complexity index is 534.